The lowest BCUT2D eigenvalue weighted by Gasteiger charge is -2.19. The maximum atomic E-state index is 11.4. The highest BCUT2D eigenvalue weighted by Gasteiger charge is 2.16. The normalized spacial score (nSPS) is 11.5. The molecule has 0 spiro atoms. The summed E-state index contributed by atoms with van der Waals surface area (Å²) in [7, 11) is 0. The van der Waals surface area contributed by atoms with Gasteiger partial charge in [-0.1, -0.05) is 0 Å². The second kappa shape index (κ2) is 4.66. The molecule has 0 saturated heterocycles. The summed E-state index contributed by atoms with van der Waals surface area (Å²) in [5.74, 6) is 0.0978. The van der Waals surface area contributed by atoms with E-state index in [9.17, 15) is 4.79 Å². The molecule has 1 aromatic heterocycles. The largest absolute Gasteiger partial charge is 0.459 e. The summed E-state index contributed by atoms with van der Waals surface area (Å²) in [4.78, 5) is 11.4. The van der Waals surface area contributed by atoms with Gasteiger partial charge in [-0.25, -0.2) is 0 Å². The van der Waals surface area contributed by atoms with Crippen molar-refractivity contribution in [2.45, 2.75) is 38.8 Å². The second-order valence-corrected chi connectivity index (χ2v) is 4.53. The molecule has 1 heterocycles. The van der Waals surface area contributed by atoms with Crippen LogP contribution >= 0.6 is 11.6 Å². The first-order chi connectivity index (χ1) is 6.90. The van der Waals surface area contributed by atoms with E-state index in [-0.39, 0.29) is 12.5 Å². The number of carbonyl (C=O) groups is 1. The quantitative estimate of drug-likeness (QED) is 0.589. The summed E-state index contributed by atoms with van der Waals surface area (Å²) in [6.45, 7) is 5.61. The van der Waals surface area contributed by atoms with Crippen LogP contribution in [0.5, 0.6) is 0 Å². The third kappa shape index (κ3) is 4.34. The summed E-state index contributed by atoms with van der Waals surface area (Å²) < 4.78 is 6.67. The van der Waals surface area contributed by atoms with Crippen molar-refractivity contribution in [3.8, 4) is 0 Å². The molecular formula is C10H15ClN2O2. The number of hydrogen-bond acceptors (Lipinski definition) is 3. The summed E-state index contributed by atoms with van der Waals surface area (Å²) in [6.07, 6.45) is 3.37. The van der Waals surface area contributed by atoms with Crippen LogP contribution in [0.1, 0.15) is 26.3 Å². The van der Waals surface area contributed by atoms with Crippen LogP contribution in [0, 0.1) is 0 Å². The van der Waals surface area contributed by atoms with Gasteiger partial charge in [0.1, 0.15) is 12.1 Å². The van der Waals surface area contributed by atoms with Gasteiger partial charge in [0.15, 0.2) is 0 Å². The highest BCUT2D eigenvalue weighted by atomic mass is 35.5. The molecule has 0 aliphatic carbocycles. The molecule has 4 nitrogen and oxygen atoms in total. The fourth-order valence-corrected chi connectivity index (χ4v) is 1.21. The van der Waals surface area contributed by atoms with Gasteiger partial charge in [0.05, 0.1) is 12.1 Å². The van der Waals surface area contributed by atoms with E-state index in [0.29, 0.717) is 5.88 Å². The first-order valence-corrected chi connectivity index (χ1v) is 5.23. The number of aromatic nitrogens is 2. The second-order valence-electron chi connectivity index (χ2n) is 4.27. The van der Waals surface area contributed by atoms with Gasteiger partial charge >= 0.3 is 5.97 Å². The number of halogens is 1. The van der Waals surface area contributed by atoms with E-state index < -0.39 is 5.60 Å². The summed E-state index contributed by atoms with van der Waals surface area (Å²) >= 11 is 5.61. The van der Waals surface area contributed by atoms with Crippen LogP contribution < -0.4 is 0 Å². The Labute approximate surface area is 94.2 Å². The zero-order valence-corrected chi connectivity index (χ0v) is 9.91. The monoisotopic (exact) mass is 230 g/mol. The maximum Gasteiger partial charge on any atom is 0.328 e. The van der Waals surface area contributed by atoms with Crippen LogP contribution in [0.15, 0.2) is 12.4 Å². The van der Waals surface area contributed by atoms with E-state index >= 15 is 0 Å². The van der Waals surface area contributed by atoms with Gasteiger partial charge in [-0.3, -0.25) is 9.48 Å². The highest BCUT2D eigenvalue weighted by molar-refractivity contribution is 6.17. The first kappa shape index (κ1) is 12.0. The molecule has 0 atom stereocenters. The number of alkyl halides is 1. The summed E-state index contributed by atoms with van der Waals surface area (Å²) in [6, 6.07) is 0. The number of nitrogens with zero attached hydrogens (tertiary/aromatic N) is 2. The van der Waals surface area contributed by atoms with E-state index in [4.69, 9.17) is 16.3 Å². The lowest BCUT2D eigenvalue weighted by atomic mass is 10.2. The van der Waals surface area contributed by atoms with E-state index in [1.54, 1.807) is 12.4 Å². The molecular weight excluding hydrogens is 216 g/mol. The average Bonchev–Trinajstić information content (AvgIpc) is 2.48. The minimum atomic E-state index is -0.459. The fourth-order valence-electron chi connectivity index (χ4n) is 1.07. The molecule has 1 rings (SSSR count). The predicted octanol–water partition coefficient (Wildman–Crippen LogP) is 1.96. The van der Waals surface area contributed by atoms with Crippen LogP contribution in [0.3, 0.4) is 0 Å². The lowest BCUT2D eigenvalue weighted by molar-refractivity contribution is -0.155. The SMILES string of the molecule is CC(C)(C)OC(=O)Cn1cc(CCl)cn1. The van der Waals surface area contributed by atoms with Gasteiger partial charge < -0.3 is 4.74 Å². The van der Waals surface area contributed by atoms with Crippen LogP contribution in [-0.4, -0.2) is 21.4 Å². The van der Waals surface area contributed by atoms with Crippen molar-refractivity contribution in [3.05, 3.63) is 18.0 Å². The number of rotatable bonds is 3. The zero-order valence-electron chi connectivity index (χ0n) is 9.16. The summed E-state index contributed by atoms with van der Waals surface area (Å²) in [5, 5.41) is 3.99. The Morgan fingerprint density at radius 3 is 2.73 bits per heavy atom. The molecule has 15 heavy (non-hydrogen) atoms. The molecule has 0 unspecified atom stereocenters. The predicted molar refractivity (Wildman–Crippen MR) is 57.6 cm³/mol. The Hall–Kier alpha value is -1.03. The molecule has 0 aliphatic heterocycles. The van der Waals surface area contributed by atoms with Crippen LogP contribution in [0.4, 0.5) is 0 Å². The van der Waals surface area contributed by atoms with E-state index in [1.165, 1.54) is 4.68 Å². The molecule has 0 N–H and O–H groups in total. The minimum Gasteiger partial charge on any atom is -0.459 e. The molecule has 0 amide bonds. The van der Waals surface area contributed by atoms with Crippen LogP contribution in [0.2, 0.25) is 0 Å². The van der Waals surface area contributed by atoms with Crippen molar-refractivity contribution in [2.24, 2.45) is 0 Å². The molecule has 0 bridgehead atoms. The third-order valence-corrected chi connectivity index (χ3v) is 1.86. The zero-order chi connectivity index (χ0) is 11.5. The van der Waals surface area contributed by atoms with E-state index in [2.05, 4.69) is 5.10 Å². The van der Waals surface area contributed by atoms with Crippen molar-refractivity contribution in [2.75, 3.05) is 0 Å². The van der Waals surface area contributed by atoms with Crippen molar-refractivity contribution in [3.63, 3.8) is 0 Å². The first-order valence-electron chi connectivity index (χ1n) is 4.70. The fraction of sp³-hybridized carbons (Fsp3) is 0.600. The Morgan fingerprint density at radius 2 is 2.27 bits per heavy atom. The van der Waals surface area contributed by atoms with Gasteiger partial charge in [-0.15, -0.1) is 11.6 Å². The molecule has 1 aromatic rings. The summed E-state index contributed by atoms with van der Waals surface area (Å²) in [5.41, 5.74) is 0.430. The van der Waals surface area contributed by atoms with Crippen molar-refractivity contribution < 1.29 is 9.53 Å². The molecule has 0 saturated carbocycles. The maximum absolute atomic E-state index is 11.4. The van der Waals surface area contributed by atoms with E-state index in [0.717, 1.165) is 5.56 Å². The smallest absolute Gasteiger partial charge is 0.328 e. The molecule has 0 fully saturated rings. The number of hydrogen-bond donors (Lipinski definition) is 0. The lowest BCUT2D eigenvalue weighted by Crippen LogP contribution is -2.26. The Balaban J connectivity index is 2.51. The van der Waals surface area contributed by atoms with Gasteiger partial charge in [0, 0.05) is 11.8 Å². The molecule has 84 valence electrons. The number of carbonyl (C=O) groups excluding carboxylic acids is 1. The molecule has 0 aliphatic rings. The van der Waals surface area contributed by atoms with Gasteiger partial charge in [-0.05, 0) is 20.8 Å². The van der Waals surface area contributed by atoms with E-state index in [1.807, 2.05) is 20.8 Å². The van der Waals surface area contributed by atoms with Crippen molar-refractivity contribution >= 4 is 17.6 Å². The molecule has 0 radical (unpaired) electrons. The van der Waals surface area contributed by atoms with Crippen molar-refractivity contribution in [1.29, 1.82) is 0 Å². The molecule has 5 heteroatoms. The standard InChI is InChI=1S/C10H15ClN2O2/c1-10(2,3)15-9(14)7-13-6-8(4-11)5-12-13/h5-6H,4,7H2,1-3H3. The highest BCUT2D eigenvalue weighted by Crippen LogP contribution is 2.08. The number of ether oxygens (including phenoxy) is 1. The van der Waals surface area contributed by atoms with Gasteiger partial charge in [0.25, 0.3) is 0 Å². The van der Waals surface area contributed by atoms with Crippen LogP contribution in [-0.2, 0) is 22.0 Å². The Morgan fingerprint density at radius 1 is 1.60 bits per heavy atom. The average molecular weight is 231 g/mol. The topological polar surface area (TPSA) is 44.1 Å². The van der Waals surface area contributed by atoms with Gasteiger partial charge in [-0.2, -0.15) is 5.10 Å². The third-order valence-electron chi connectivity index (χ3n) is 1.55. The molecule has 0 aromatic carbocycles. The Bertz CT molecular complexity index is 341. The minimum absolute atomic E-state index is 0.119. The van der Waals surface area contributed by atoms with Gasteiger partial charge in [0.2, 0.25) is 0 Å². The van der Waals surface area contributed by atoms with Crippen LogP contribution in [0.25, 0.3) is 0 Å². The Kier molecular flexibility index (Phi) is 3.74. The van der Waals surface area contributed by atoms with Crippen molar-refractivity contribution in [1.82, 2.24) is 9.78 Å². The number of esters is 1.